The quantitative estimate of drug-likeness (QED) is 0.865. The van der Waals surface area contributed by atoms with E-state index < -0.39 is 0 Å². The van der Waals surface area contributed by atoms with Crippen molar-refractivity contribution in [1.29, 1.82) is 0 Å². The molecular weight excluding hydrogens is 346 g/mol. The van der Waals surface area contributed by atoms with Gasteiger partial charge in [-0.15, -0.1) is 0 Å². The van der Waals surface area contributed by atoms with Gasteiger partial charge in [0.2, 0.25) is 0 Å². The molecule has 8 nitrogen and oxygen atoms in total. The Morgan fingerprint density at radius 1 is 1.04 bits per heavy atom. The molecule has 0 spiro atoms. The van der Waals surface area contributed by atoms with Crippen molar-refractivity contribution in [2.24, 2.45) is 0 Å². The summed E-state index contributed by atoms with van der Waals surface area (Å²) in [4.78, 5) is 31.9. The Hall–Kier alpha value is -3.29. The van der Waals surface area contributed by atoms with Crippen molar-refractivity contribution in [3.63, 3.8) is 0 Å². The zero-order valence-corrected chi connectivity index (χ0v) is 15.2. The Balaban J connectivity index is 1.50. The molecular formula is C19H23N5O3. The summed E-state index contributed by atoms with van der Waals surface area (Å²) in [7, 11) is 0. The Morgan fingerprint density at radius 2 is 1.78 bits per heavy atom. The van der Waals surface area contributed by atoms with Gasteiger partial charge in [0.25, 0.3) is 0 Å². The van der Waals surface area contributed by atoms with E-state index in [1.54, 1.807) is 24.1 Å². The molecule has 3 amide bonds. The summed E-state index contributed by atoms with van der Waals surface area (Å²) < 4.78 is 5.03. The fourth-order valence-electron chi connectivity index (χ4n) is 2.81. The van der Waals surface area contributed by atoms with Crippen LogP contribution in [0, 0.1) is 0 Å². The normalized spacial score (nSPS) is 13.8. The van der Waals surface area contributed by atoms with Crippen molar-refractivity contribution < 1.29 is 14.3 Å². The zero-order chi connectivity index (χ0) is 19.1. The number of piperazine rings is 1. The van der Waals surface area contributed by atoms with Crippen LogP contribution >= 0.6 is 0 Å². The minimum absolute atomic E-state index is 0.265. The highest BCUT2D eigenvalue weighted by atomic mass is 16.6. The number of nitrogens with zero attached hydrogens (tertiary/aromatic N) is 3. The minimum atomic E-state index is -0.343. The maximum absolute atomic E-state index is 12.0. The second kappa shape index (κ2) is 8.88. The summed E-state index contributed by atoms with van der Waals surface area (Å²) in [6, 6.07) is 12.5. The molecule has 1 saturated heterocycles. The van der Waals surface area contributed by atoms with Crippen LogP contribution in [0.5, 0.6) is 0 Å². The molecule has 8 heteroatoms. The maximum Gasteiger partial charge on any atom is 0.409 e. The van der Waals surface area contributed by atoms with E-state index in [0.29, 0.717) is 44.3 Å². The first-order chi connectivity index (χ1) is 13.2. The van der Waals surface area contributed by atoms with Gasteiger partial charge in [0.1, 0.15) is 5.82 Å². The Morgan fingerprint density at radius 3 is 2.41 bits per heavy atom. The van der Waals surface area contributed by atoms with Gasteiger partial charge in [-0.25, -0.2) is 14.6 Å². The number of ether oxygens (including phenoxy) is 1. The van der Waals surface area contributed by atoms with Gasteiger partial charge in [0, 0.05) is 31.9 Å². The number of carbonyl (C=O) groups is 2. The number of para-hydroxylation sites is 1. The second-order valence-electron chi connectivity index (χ2n) is 6.02. The number of amides is 3. The number of rotatable bonds is 4. The van der Waals surface area contributed by atoms with Gasteiger partial charge < -0.3 is 19.9 Å². The number of aromatic nitrogens is 1. The topological polar surface area (TPSA) is 86.8 Å². The molecule has 0 radical (unpaired) electrons. The highest BCUT2D eigenvalue weighted by molar-refractivity contribution is 5.99. The summed E-state index contributed by atoms with van der Waals surface area (Å²) >= 11 is 0. The van der Waals surface area contributed by atoms with Gasteiger partial charge in [-0.2, -0.15) is 0 Å². The van der Waals surface area contributed by atoms with Crippen molar-refractivity contribution in [1.82, 2.24) is 9.88 Å². The molecule has 0 atom stereocenters. The predicted octanol–water partition coefficient (Wildman–Crippen LogP) is 3.00. The van der Waals surface area contributed by atoms with E-state index >= 15 is 0 Å². The van der Waals surface area contributed by atoms with Gasteiger partial charge >= 0.3 is 12.1 Å². The molecule has 1 fully saturated rings. The molecule has 0 bridgehead atoms. The standard InChI is InChI=1S/C19H23N5O3/c1-2-27-19(26)24-12-10-23(11-13-24)16-8-9-17(20-14-16)22-18(25)21-15-6-4-3-5-7-15/h3-9,14H,2,10-13H2,1H3,(H2,20,21,22,25). The van der Waals surface area contributed by atoms with Gasteiger partial charge in [-0.05, 0) is 31.2 Å². The lowest BCUT2D eigenvalue weighted by molar-refractivity contribution is 0.105. The molecule has 1 aliphatic rings. The Bertz CT molecular complexity index is 759. The van der Waals surface area contributed by atoms with Crippen LogP contribution in [-0.2, 0) is 4.74 Å². The van der Waals surface area contributed by atoms with Gasteiger partial charge in [-0.3, -0.25) is 5.32 Å². The first-order valence-corrected chi connectivity index (χ1v) is 8.91. The van der Waals surface area contributed by atoms with E-state index in [-0.39, 0.29) is 12.1 Å². The van der Waals surface area contributed by atoms with Gasteiger partial charge in [0.15, 0.2) is 0 Å². The molecule has 1 aromatic carbocycles. The number of benzene rings is 1. The number of pyridine rings is 1. The molecule has 3 rings (SSSR count). The maximum atomic E-state index is 12.0. The third-order valence-corrected chi connectivity index (χ3v) is 4.19. The van der Waals surface area contributed by atoms with E-state index in [2.05, 4.69) is 20.5 Å². The number of hydrogen-bond acceptors (Lipinski definition) is 5. The number of anilines is 3. The summed E-state index contributed by atoms with van der Waals surface area (Å²) in [5.41, 5.74) is 1.67. The van der Waals surface area contributed by atoms with Crippen LogP contribution < -0.4 is 15.5 Å². The Labute approximate surface area is 158 Å². The molecule has 0 aliphatic carbocycles. The van der Waals surface area contributed by atoms with E-state index in [4.69, 9.17) is 4.74 Å². The fraction of sp³-hybridized carbons (Fsp3) is 0.316. The monoisotopic (exact) mass is 369 g/mol. The third-order valence-electron chi connectivity index (χ3n) is 4.19. The van der Waals surface area contributed by atoms with Crippen LogP contribution in [0.25, 0.3) is 0 Å². The van der Waals surface area contributed by atoms with Crippen molar-refractivity contribution in [3.8, 4) is 0 Å². The molecule has 1 aromatic heterocycles. The van der Waals surface area contributed by atoms with Crippen LogP contribution in [0.2, 0.25) is 0 Å². The molecule has 142 valence electrons. The van der Waals surface area contributed by atoms with Gasteiger partial charge in [0.05, 0.1) is 18.5 Å². The smallest absolute Gasteiger partial charge is 0.409 e. The Kier molecular flexibility index (Phi) is 6.09. The van der Waals surface area contributed by atoms with E-state index in [0.717, 1.165) is 5.69 Å². The van der Waals surface area contributed by atoms with Crippen LogP contribution in [0.15, 0.2) is 48.7 Å². The average molecular weight is 369 g/mol. The van der Waals surface area contributed by atoms with E-state index in [1.807, 2.05) is 36.4 Å². The molecule has 2 N–H and O–H groups in total. The van der Waals surface area contributed by atoms with Crippen LogP contribution in [0.4, 0.5) is 26.8 Å². The minimum Gasteiger partial charge on any atom is -0.450 e. The van der Waals surface area contributed by atoms with Crippen LogP contribution in [0.1, 0.15) is 6.92 Å². The van der Waals surface area contributed by atoms with E-state index in [1.165, 1.54) is 0 Å². The number of carbonyl (C=O) groups excluding carboxylic acids is 2. The molecule has 0 saturated carbocycles. The van der Waals surface area contributed by atoms with Crippen LogP contribution in [-0.4, -0.2) is 54.8 Å². The molecule has 0 unspecified atom stereocenters. The van der Waals surface area contributed by atoms with Crippen molar-refractivity contribution in [2.45, 2.75) is 6.92 Å². The largest absolute Gasteiger partial charge is 0.450 e. The van der Waals surface area contributed by atoms with E-state index in [9.17, 15) is 9.59 Å². The number of nitrogens with one attached hydrogen (secondary N) is 2. The molecule has 1 aliphatic heterocycles. The summed E-state index contributed by atoms with van der Waals surface area (Å²) in [6.07, 6.45) is 1.46. The van der Waals surface area contributed by atoms with Crippen molar-refractivity contribution >= 4 is 29.3 Å². The first-order valence-electron chi connectivity index (χ1n) is 8.91. The average Bonchev–Trinajstić information content (AvgIpc) is 2.69. The molecule has 2 heterocycles. The SMILES string of the molecule is CCOC(=O)N1CCN(c2ccc(NC(=O)Nc3ccccc3)nc2)CC1. The fourth-order valence-corrected chi connectivity index (χ4v) is 2.81. The van der Waals surface area contributed by atoms with Gasteiger partial charge in [-0.1, -0.05) is 18.2 Å². The number of urea groups is 1. The van der Waals surface area contributed by atoms with Crippen molar-refractivity contribution in [3.05, 3.63) is 48.7 Å². The lowest BCUT2D eigenvalue weighted by atomic mass is 10.3. The van der Waals surface area contributed by atoms with Crippen LogP contribution in [0.3, 0.4) is 0 Å². The lowest BCUT2D eigenvalue weighted by Crippen LogP contribution is -2.49. The highest BCUT2D eigenvalue weighted by Gasteiger charge is 2.22. The molecule has 27 heavy (non-hydrogen) atoms. The predicted molar refractivity (Wildman–Crippen MR) is 104 cm³/mol. The lowest BCUT2D eigenvalue weighted by Gasteiger charge is -2.35. The highest BCUT2D eigenvalue weighted by Crippen LogP contribution is 2.18. The summed E-state index contributed by atoms with van der Waals surface area (Å²) in [6.45, 7) is 4.82. The second-order valence-corrected chi connectivity index (χ2v) is 6.02. The summed E-state index contributed by atoms with van der Waals surface area (Å²) in [5, 5.41) is 5.45. The third kappa shape index (κ3) is 5.10. The van der Waals surface area contributed by atoms with Crippen molar-refractivity contribution in [2.75, 3.05) is 48.3 Å². The first kappa shape index (κ1) is 18.5. The zero-order valence-electron chi connectivity index (χ0n) is 15.2. The summed E-state index contributed by atoms with van der Waals surface area (Å²) in [5.74, 6) is 0.470. The molecule has 2 aromatic rings. The number of hydrogen-bond donors (Lipinski definition) is 2.